The molecular weight excluding hydrogens is 284 g/mol. The molecule has 3 aromatic carbocycles. The predicted octanol–water partition coefficient (Wildman–Crippen LogP) is 4.46. The minimum absolute atomic E-state index is 0.306. The molecule has 0 unspecified atom stereocenters. The first-order chi connectivity index (χ1) is 11.3. The lowest BCUT2D eigenvalue weighted by Gasteiger charge is -2.08. The van der Waals surface area contributed by atoms with Gasteiger partial charge in [0.25, 0.3) is 0 Å². The molecule has 4 aromatic rings. The Morgan fingerprint density at radius 3 is 2.39 bits per heavy atom. The van der Waals surface area contributed by atoms with Crippen molar-refractivity contribution < 1.29 is 5.11 Å². The van der Waals surface area contributed by atoms with Crippen LogP contribution in [0.2, 0.25) is 0 Å². The number of benzene rings is 3. The van der Waals surface area contributed by atoms with E-state index in [0.717, 1.165) is 28.7 Å². The molecule has 23 heavy (non-hydrogen) atoms. The number of aromatic nitrogens is 2. The van der Waals surface area contributed by atoms with Crippen LogP contribution in [0.1, 0.15) is 5.56 Å². The van der Waals surface area contributed by atoms with Crippen molar-refractivity contribution in [3.05, 3.63) is 84.7 Å². The zero-order valence-electron chi connectivity index (χ0n) is 12.6. The maximum absolute atomic E-state index is 9.95. The topological polar surface area (TPSA) is 38.0 Å². The standard InChI is InChI=1S/C20H16N2O/c23-20-8-4-1-5-17(20)16-11-9-15(10-12-16)13-22-14-21-18-6-2-3-7-19(18)22/h1-12,14,23H,13H2. The maximum Gasteiger partial charge on any atom is 0.123 e. The largest absolute Gasteiger partial charge is 0.507 e. The molecule has 1 N–H and O–H groups in total. The number of fused-ring (bicyclic) bond motifs is 1. The second-order valence-electron chi connectivity index (χ2n) is 5.58. The van der Waals surface area contributed by atoms with Crippen LogP contribution in [0.5, 0.6) is 5.75 Å². The van der Waals surface area contributed by atoms with Crippen LogP contribution in [0, 0.1) is 0 Å². The van der Waals surface area contributed by atoms with Crippen molar-refractivity contribution in [3.63, 3.8) is 0 Å². The molecule has 0 aliphatic rings. The van der Waals surface area contributed by atoms with Gasteiger partial charge in [0.05, 0.1) is 17.4 Å². The van der Waals surface area contributed by atoms with Crippen LogP contribution < -0.4 is 0 Å². The molecule has 0 amide bonds. The maximum atomic E-state index is 9.95. The summed E-state index contributed by atoms with van der Waals surface area (Å²) in [6.45, 7) is 0.779. The molecule has 112 valence electrons. The molecule has 0 saturated heterocycles. The van der Waals surface area contributed by atoms with Crippen molar-refractivity contribution in [1.29, 1.82) is 0 Å². The zero-order chi connectivity index (χ0) is 15.6. The zero-order valence-corrected chi connectivity index (χ0v) is 12.6. The fraction of sp³-hybridized carbons (Fsp3) is 0.0500. The van der Waals surface area contributed by atoms with Crippen molar-refractivity contribution in [3.8, 4) is 16.9 Å². The summed E-state index contributed by atoms with van der Waals surface area (Å²) in [4.78, 5) is 4.42. The van der Waals surface area contributed by atoms with E-state index in [-0.39, 0.29) is 0 Å². The van der Waals surface area contributed by atoms with Gasteiger partial charge in [-0.05, 0) is 29.3 Å². The highest BCUT2D eigenvalue weighted by atomic mass is 16.3. The lowest BCUT2D eigenvalue weighted by atomic mass is 10.0. The van der Waals surface area contributed by atoms with Gasteiger partial charge in [0.2, 0.25) is 0 Å². The summed E-state index contributed by atoms with van der Waals surface area (Å²) in [6.07, 6.45) is 1.88. The van der Waals surface area contributed by atoms with E-state index in [4.69, 9.17) is 0 Å². The number of hydrogen-bond donors (Lipinski definition) is 1. The molecule has 0 saturated carbocycles. The van der Waals surface area contributed by atoms with E-state index < -0.39 is 0 Å². The summed E-state index contributed by atoms with van der Waals surface area (Å²) in [5.41, 5.74) is 5.22. The van der Waals surface area contributed by atoms with Gasteiger partial charge in [-0.25, -0.2) is 4.98 Å². The van der Waals surface area contributed by atoms with Crippen molar-refractivity contribution in [2.45, 2.75) is 6.54 Å². The van der Waals surface area contributed by atoms with Gasteiger partial charge in [-0.15, -0.1) is 0 Å². The number of phenolic OH excluding ortho intramolecular Hbond substituents is 1. The molecule has 0 aliphatic carbocycles. The van der Waals surface area contributed by atoms with Crippen LogP contribution in [0.25, 0.3) is 22.2 Å². The minimum atomic E-state index is 0.306. The predicted molar refractivity (Wildman–Crippen MR) is 92.4 cm³/mol. The number of aromatic hydroxyl groups is 1. The number of nitrogens with zero attached hydrogens (tertiary/aromatic N) is 2. The minimum Gasteiger partial charge on any atom is -0.507 e. The third kappa shape index (κ3) is 2.57. The van der Waals surface area contributed by atoms with E-state index >= 15 is 0 Å². The fourth-order valence-corrected chi connectivity index (χ4v) is 2.84. The first kappa shape index (κ1) is 13.6. The van der Waals surface area contributed by atoms with Crippen LogP contribution in [0.15, 0.2) is 79.1 Å². The Hall–Kier alpha value is -3.07. The van der Waals surface area contributed by atoms with Gasteiger partial charge < -0.3 is 9.67 Å². The first-order valence-corrected chi connectivity index (χ1v) is 7.58. The van der Waals surface area contributed by atoms with Crippen LogP contribution >= 0.6 is 0 Å². The molecule has 0 bridgehead atoms. The van der Waals surface area contributed by atoms with Gasteiger partial charge in [0.1, 0.15) is 5.75 Å². The van der Waals surface area contributed by atoms with E-state index in [1.165, 1.54) is 5.56 Å². The van der Waals surface area contributed by atoms with Crippen molar-refractivity contribution >= 4 is 11.0 Å². The Balaban J connectivity index is 1.63. The van der Waals surface area contributed by atoms with Crippen molar-refractivity contribution in [2.75, 3.05) is 0 Å². The number of rotatable bonds is 3. The monoisotopic (exact) mass is 300 g/mol. The number of para-hydroxylation sites is 3. The van der Waals surface area contributed by atoms with Crippen molar-refractivity contribution in [1.82, 2.24) is 9.55 Å². The third-order valence-electron chi connectivity index (χ3n) is 4.05. The average molecular weight is 300 g/mol. The van der Waals surface area contributed by atoms with E-state index in [1.54, 1.807) is 6.07 Å². The number of phenols is 1. The summed E-state index contributed by atoms with van der Waals surface area (Å²) in [5.74, 6) is 0.306. The van der Waals surface area contributed by atoms with Crippen LogP contribution in [-0.4, -0.2) is 14.7 Å². The normalized spacial score (nSPS) is 11.0. The molecule has 0 fully saturated rings. The van der Waals surface area contributed by atoms with Crippen molar-refractivity contribution in [2.24, 2.45) is 0 Å². The molecule has 4 rings (SSSR count). The Morgan fingerprint density at radius 1 is 0.826 bits per heavy atom. The summed E-state index contributed by atoms with van der Waals surface area (Å²) in [6, 6.07) is 23.8. The summed E-state index contributed by atoms with van der Waals surface area (Å²) in [7, 11) is 0. The highest BCUT2D eigenvalue weighted by Crippen LogP contribution is 2.28. The molecule has 1 aromatic heterocycles. The highest BCUT2D eigenvalue weighted by molar-refractivity contribution is 5.75. The molecule has 3 heteroatoms. The Bertz CT molecular complexity index is 955. The average Bonchev–Trinajstić information content (AvgIpc) is 2.99. The smallest absolute Gasteiger partial charge is 0.123 e. The van der Waals surface area contributed by atoms with Gasteiger partial charge in [0.15, 0.2) is 0 Å². The van der Waals surface area contributed by atoms with E-state index in [1.807, 2.05) is 54.9 Å². The van der Waals surface area contributed by atoms with Gasteiger partial charge >= 0.3 is 0 Å². The van der Waals surface area contributed by atoms with Gasteiger partial charge in [-0.2, -0.15) is 0 Å². The Labute approximate surface area is 134 Å². The third-order valence-corrected chi connectivity index (χ3v) is 4.05. The number of imidazole rings is 1. The Kier molecular flexibility index (Phi) is 3.31. The van der Waals surface area contributed by atoms with Gasteiger partial charge in [-0.1, -0.05) is 54.6 Å². The van der Waals surface area contributed by atoms with Crippen LogP contribution in [0.3, 0.4) is 0 Å². The molecule has 0 aliphatic heterocycles. The van der Waals surface area contributed by atoms with E-state index in [9.17, 15) is 5.11 Å². The Morgan fingerprint density at radius 2 is 1.57 bits per heavy atom. The second kappa shape index (κ2) is 5.61. The summed E-state index contributed by atoms with van der Waals surface area (Å²) < 4.78 is 2.14. The van der Waals surface area contributed by atoms with Gasteiger partial charge in [0, 0.05) is 12.1 Å². The van der Waals surface area contributed by atoms with E-state index in [0.29, 0.717) is 5.75 Å². The van der Waals surface area contributed by atoms with E-state index in [2.05, 4.69) is 27.8 Å². The molecule has 1 heterocycles. The fourth-order valence-electron chi connectivity index (χ4n) is 2.84. The lowest BCUT2D eigenvalue weighted by Crippen LogP contribution is -1.97. The van der Waals surface area contributed by atoms with Crippen LogP contribution in [-0.2, 0) is 6.54 Å². The summed E-state index contributed by atoms with van der Waals surface area (Å²) in [5, 5.41) is 9.95. The molecule has 0 spiro atoms. The molecular formula is C20H16N2O. The molecule has 0 radical (unpaired) electrons. The molecule has 0 atom stereocenters. The summed E-state index contributed by atoms with van der Waals surface area (Å²) >= 11 is 0. The molecule has 3 nitrogen and oxygen atoms in total. The van der Waals surface area contributed by atoms with Crippen LogP contribution in [0.4, 0.5) is 0 Å². The quantitative estimate of drug-likeness (QED) is 0.606. The number of hydrogen-bond acceptors (Lipinski definition) is 2. The lowest BCUT2D eigenvalue weighted by molar-refractivity contribution is 0.477. The second-order valence-corrected chi connectivity index (χ2v) is 5.58. The SMILES string of the molecule is Oc1ccccc1-c1ccc(Cn2cnc3ccccc32)cc1. The highest BCUT2D eigenvalue weighted by Gasteiger charge is 2.05. The van der Waals surface area contributed by atoms with Gasteiger partial charge in [-0.3, -0.25) is 0 Å². The first-order valence-electron chi connectivity index (χ1n) is 7.58.